The molecule has 0 spiro atoms. The summed E-state index contributed by atoms with van der Waals surface area (Å²) in [6.07, 6.45) is 1.43. The third-order valence-electron chi connectivity index (χ3n) is 5.95. The molecule has 1 heterocycles. The number of methoxy groups -OCH3 is 1. The van der Waals surface area contributed by atoms with E-state index in [9.17, 15) is 14.4 Å². The number of imide groups is 2. The minimum absolute atomic E-state index is 0.177. The highest BCUT2D eigenvalue weighted by atomic mass is 79.9. The third-order valence-corrected chi connectivity index (χ3v) is 6.63. The van der Waals surface area contributed by atoms with Crippen LogP contribution in [0.5, 0.6) is 11.5 Å². The molecule has 0 unspecified atom stereocenters. The summed E-state index contributed by atoms with van der Waals surface area (Å²) in [7, 11) is 1.51. The Balaban J connectivity index is 1.64. The molecule has 8 heteroatoms. The zero-order valence-electron chi connectivity index (χ0n) is 20.3. The Hall–Kier alpha value is -3.91. The molecule has 1 fully saturated rings. The lowest BCUT2D eigenvalue weighted by Gasteiger charge is -2.27. The van der Waals surface area contributed by atoms with Crippen molar-refractivity contribution in [3.63, 3.8) is 0 Å². The normalized spacial score (nSPS) is 14.8. The van der Waals surface area contributed by atoms with Crippen molar-refractivity contribution in [1.82, 2.24) is 5.32 Å². The zero-order chi connectivity index (χ0) is 26.0. The Morgan fingerprint density at radius 3 is 2.31 bits per heavy atom. The van der Waals surface area contributed by atoms with Crippen molar-refractivity contribution in [3.8, 4) is 11.5 Å². The van der Waals surface area contributed by atoms with Crippen LogP contribution in [-0.4, -0.2) is 25.0 Å². The zero-order valence-corrected chi connectivity index (χ0v) is 21.9. The van der Waals surface area contributed by atoms with Gasteiger partial charge < -0.3 is 9.47 Å². The summed E-state index contributed by atoms with van der Waals surface area (Å²) in [4.78, 5) is 39.4. The van der Waals surface area contributed by atoms with Gasteiger partial charge in [-0.3, -0.25) is 14.9 Å². The maximum atomic E-state index is 13.3. The van der Waals surface area contributed by atoms with Gasteiger partial charge in [-0.2, -0.15) is 0 Å². The Morgan fingerprint density at radius 2 is 1.64 bits per heavy atom. The van der Waals surface area contributed by atoms with Crippen LogP contribution in [0.1, 0.15) is 27.8 Å². The number of carbonyl (C=O) groups is 3. The number of hydrogen-bond acceptors (Lipinski definition) is 5. The van der Waals surface area contributed by atoms with Gasteiger partial charge in [0.1, 0.15) is 12.2 Å². The third kappa shape index (κ3) is 5.18. The fourth-order valence-corrected chi connectivity index (χ4v) is 4.13. The number of nitrogens with zero attached hydrogens (tertiary/aromatic N) is 1. The van der Waals surface area contributed by atoms with E-state index in [-0.39, 0.29) is 5.57 Å². The number of barbiturate groups is 1. The molecule has 1 N–H and O–H groups in total. The van der Waals surface area contributed by atoms with Crippen LogP contribution in [0.3, 0.4) is 0 Å². The van der Waals surface area contributed by atoms with Crippen molar-refractivity contribution in [1.29, 1.82) is 0 Å². The largest absolute Gasteiger partial charge is 0.493 e. The van der Waals surface area contributed by atoms with E-state index in [1.165, 1.54) is 13.2 Å². The highest BCUT2D eigenvalue weighted by molar-refractivity contribution is 9.10. The maximum Gasteiger partial charge on any atom is 0.335 e. The second kappa shape index (κ2) is 10.4. The first-order chi connectivity index (χ1) is 17.2. The molecule has 184 valence electrons. The molecule has 4 rings (SSSR count). The molecule has 0 radical (unpaired) electrons. The van der Waals surface area contributed by atoms with Crippen LogP contribution in [0.4, 0.5) is 10.5 Å². The average Bonchev–Trinajstić information content (AvgIpc) is 2.84. The minimum Gasteiger partial charge on any atom is -0.493 e. The molecular weight excluding hydrogens is 524 g/mol. The number of halogens is 1. The fourth-order valence-electron chi connectivity index (χ4n) is 3.69. The standard InChI is InChI=1S/C28H25BrN2O5/c1-16-5-8-19(9-6-16)15-36-25-14-23(29)20(13-24(25)35-4)12-22-26(32)30-28(34)31(27(22)33)21-10-7-17(2)18(3)11-21/h5-14H,15H2,1-4H3,(H,30,32,34)/b22-12+. The van der Waals surface area contributed by atoms with E-state index < -0.39 is 17.8 Å². The van der Waals surface area contributed by atoms with Crippen LogP contribution in [0.15, 0.2) is 64.6 Å². The molecule has 3 aromatic carbocycles. The summed E-state index contributed by atoms with van der Waals surface area (Å²) in [5, 5.41) is 2.25. The number of nitrogens with one attached hydrogen (secondary N) is 1. The summed E-state index contributed by atoms with van der Waals surface area (Å²) in [6, 6.07) is 15.8. The number of carbonyl (C=O) groups excluding carboxylic acids is 3. The molecule has 0 aromatic heterocycles. The molecule has 36 heavy (non-hydrogen) atoms. The molecule has 0 atom stereocenters. The first-order valence-electron chi connectivity index (χ1n) is 11.2. The van der Waals surface area contributed by atoms with Crippen LogP contribution in [-0.2, 0) is 16.2 Å². The molecule has 1 aliphatic heterocycles. The van der Waals surface area contributed by atoms with E-state index in [0.717, 1.165) is 27.2 Å². The predicted octanol–water partition coefficient (Wildman–Crippen LogP) is 5.63. The first kappa shape index (κ1) is 25.2. The average molecular weight is 549 g/mol. The second-order valence-electron chi connectivity index (χ2n) is 8.53. The molecule has 4 amide bonds. The van der Waals surface area contributed by atoms with Crippen LogP contribution >= 0.6 is 15.9 Å². The summed E-state index contributed by atoms with van der Waals surface area (Å²) in [5.41, 5.74) is 4.84. The summed E-state index contributed by atoms with van der Waals surface area (Å²) in [6.45, 7) is 6.19. The molecule has 0 saturated carbocycles. The van der Waals surface area contributed by atoms with Crippen molar-refractivity contribution in [3.05, 3.63) is 92.5 Å². The molecule has 1 saturated heterocycles. The van der Waals surface area contributed by atoms with Crippen molar-refractivity contribution >= 4 is 45.5 Å². The quantitative estimate of drug-likeness (QED) is 0.318. The smallest absolute Gasteiger partial charge is 0.335 e. The number of ether oxygens (including phenoxy) is 2. The van der Waals surface area contributed by atoms with E-state index in [0.29, 0.717) is 33.8 Å². The monoisotopic (exact) mass is 548 g/mol. The number of aryl methyl sites for hydroxylation is 3. The van der Waals surface area contributed by atoms with Gasteiger partial charge in [0.15, 0.2) is 11.5 Å². The Bertz CT molecular complexity index is 1400. The molecule has 0 aliphatic carbocycles. The van der Waals surface area contributed by atoms with Gasteiger partial charge in [0, 0.05) is 4.47 Å². The van der Waals surface area contributed by atoms with Crippen LogP contribution < -0.4 is 19.7 Å². The van der Waals surface area contributed by atoms with Crippen LogP contribution in [0.25, 0.3) is 6.08 Å². The molecule has 1 aliphatic rings. The van der Waals surface area contributed by atoms with Crippen molar-refractivity contribution in [2.75, 3.05) is 12.0 Å². The van der Waals surface area contributed by atoms with E-state index >= 15 is 0 Å². The van der Waals surface area contributed by atoms with Gasteiger partial charge in [-0.15, -0.1) is 0 Å². The second-order valence-corrected chi connectivity index (χ2v) is 9.38. The molecular formula is C28H25BrN2O5. The Morgan fingerprint density at radius 1 is 0.917 bits per heavy atom. The molecule has 0 bridgehead atoms. The van der Waals surface area contributed by atoms with E-state index in [1.54, 1.807) is 24.3 Å². The van der Waals surface area contributed by atoms with Gasteiger partial charge in [0.2, 0.25) is 0 Å². The van der Waals surface area contributed by atoms with Gasteiger partial charge in [-0.25, -0.2) is 9.69 Å². The highest BCUT2D eigenvalue weighted by Crippen LogP contribution is 2.36. The summed E-state index contributed by atoms with van der Waals surface area (Å²) < 4.78 is 12.0. The number of rotatable bonds is 6. The summed E-state index contributed by atoms with van der Waals surface area (Å²) in [5.74, 6) is -0.547. The number of anilines is 1. The lowest BCUT2D eigenvalue weighted by atomic mass is 10.0. The van der Waals surface area contributed by atoms with Crippen molar-refractivity contribution in [2.24, 2.45) is 0 Å². The maximum absolute atomic E-state index is 13.3. The number of benzene rings is 3. The number of amides is 4. The van der Waals surface area contributed by atoms with Gasteiger partial charge >= 0.3 is 6.03 Å². The number of urea groups is 1. The molecule has 7 nitrogen and oxygen atoms in total. The molecule has 3 aromatic rings. The van der Waals surface area contributed by atoms with E-state index in [2.05, 4.69) is 21.2 Å². The Labute approximate surface area is 217 Å². The topological polar surface area (TPSA) is 84.9 Å². The highest BCUT2D eigenvalue weighted by Gasteiger charge is 2.37. The van der Waals surface area contributed by atoms with Gasteiger partial charge in [0.25, 0.3) is 11.8 Å². The van der Waals surface area contributed by atoms with Gasteiger partial charge in [-0.1, -0.05) is 51.8 Å². The van der Waals surface area contributed by atoms with Crippen LogP contribution in [0.2, 0.25) is 0 Å². The lowest BCUT2D eigenvalue weighted by Crippen LogP contribution is -2.54. The SMILES string of the molecule is COc1cc(/C=C2\C(=O)NC(=O)N(c3ccc(C)c(C)c3)C2=O)c(Br)cc1OCc1ccc(C)cc1. The lowest BCUT2D eigenvalue weighted by molar-refractivity contribution is -0.122. The fraction of sp³-hybridized carbons (Fsp3) is 0.179. The summed E-state index contributed by atoms with van der Waals surface area (Å²) >= 11 is 3.50. The van der Waals surface area contributed by atoms with Crippen molar-refractivity contribution in [2.45, 2.75) is 27.4 Å². The van der Waals surface area contributed by atoms with E-state index in [1.807, 2.05) is 51.1 Å². The predicted molar refractivity (Wildman–Crippen MR) is 141 cm³/mol. The Kier molecular flexibility index (Phi) is 7.26. The van der Waals surface area contributed by atoms with E-state index in [4.69, 9.17) is 9.47 Å². The number of hydrogen-bond donors (Lipinski definition) is 1. The van der Waals surface area contributed by atoms with Gasteiger partial charge in [0.05, 0.1) is 12.8 Å². The minimum atomic E-state index is -0.790. The van der Waals surface area contributed by atoms with Crippen molar-refractivity contribution < 1.29 is 23.9 Å². The van der Waals surface area contributed by atoms with Gasteiger partial charge in [-0.05, 0) is 73.4 Å². The van der Waals surface area contributed by atoms with Crippen LogP contribution in [0, 0.1) is 20.8 Å². The first-order valence-corrected chi connectivity index (χ1v) is 12.0.